The predicted molar refractivity (Wildman–Crippen MR) is 92.6 cm³/mol. The Morgan fingerprint density at radius 1 is 1.25 bits per heavy atom. The van der Waals surface area contributed by atoms with Crippen molar-refractivity contribution in [1.82, 2.24) is 10.2 Å². The zero-order valence-corrected chi connectivity index (χ0v) is 15.1. The van der Waals surface area contributed by atoms with Crippen molar-refractivity contribution < 1.29 is 14.7 Å². The molecule has 0 unspecified atom stereocenters. The van der Waals surface area contributed by atoms with Crippen LogP contribution in [0.5, 0.6) is 0 Å². The molecule has 0 saturated heterocycles. The Morgan fingerprint density at radius 2 is 1.92 bits per heavy atom. The van der Waals surface area contributed by atoms with Crippen LogP contribution in [0.4, 0.5) is 0 Å². The molecule has 0 heterocycles. The van der Waals surface area contributed by atoms with E-state index in [0.717, 1.165) is 38.6 Å². The van der Waals surface area contributed by atoms with E-state index in [1.165, 1.54) is 19.3 Å². The van der Waals surface area contributed by atoms with Crippen LogP contribution in [-0.4, -0.2) is 47.1 Å². The largest absolute Gasteiger partial charge is 0.480 e. The van der Waals surface area contributed by atoms with Crippen molar-refractivity contribution in [3.8, 4) is 0 Å². The van der Waals surface area contributed by atoms with Crippen LogP contribution in [0.2, 0.25) is 0 Å². The number of aliphatic carboxylic acids is 1. The van der Waals surface area contributed by atoms with Crippen molar-refractivity contribution >= 4 is 11.9 Å². The molecule has 1 amide bonds. The molecule has 0 aromatic carbocycles. The molecule has 24 heavy (non-hydrogen) atoms. The highest BCUT2D eigenvalue weighted by atomic mass is 16.4. The van der Waals surface area contributed by atoms with Gasteiger partial charge in [-0.3, -0.25) is 14.5 Å². The molecule has 136 valence electrons. The van der Waals surface area contributed by atoms with Gasteiger partial charge >= 0.3 is 5.97 Å². The molecular formula is C19H32N2O3. The van der Waals surface area contributed by atoms with E-state index in [1.807, 2.05) is 0 Å². The second-order valence-electron chi connectivity index (χ2n) is 8.79. The number of rotatable bonds is 9. The summed E-state index contributed by atoms with van der Waals surface area (Å²) in [6.45, 7) is 5.43. The number of hydrogen-bond acceptors (Lipinski definition) is 3. The molecule has 0 spiro atoms. The van der Waals surface area contributed by atoms with Gasteiger partial charge in [0.25, 0.3) is 0 Å². The summed E-state index contributed by atoms with van der Waals surface area (Å²) in [4.78, 5) is 25.9. The van der Waals surface area contributed by atoms with E-state index < -0.39 is 5.97 Å². The molecule has 3 saturated carbocycles. The van der Waals surface area contributed by atoms with Gasteiger partial charge in [-0.05, 0) is 56.8 Å². The fourth-order valence-electron chi connectivity index (χ4n) is 4.40. The average molecular weight is 336 g/mol. The van der Waals surface area contributed by atoms with Gasteiger partial charge in [-0.15, -0.1) is 0 Å². The average Bonchev–Trinajstić information content (AvgIpc) is 3.19. The lowest BCUT2D eigenvalue weighted by Crippen LogP contribution is -2.58. The summed E-state index contributed by atoms with van der Waals surface area (Å²) >= 11 is 0. The van der Waals surface area contributed by atoms with E-state index in [1.54, 1.807) is 0 Å². The van der Waals surface area contributed by atoms with Crippen LogP contribution in [0.1, 0.15) is 65.2 Å². The first-order chi connectivity index (χ1) is 11.4. The summed E-state index contributed by atoms with van der Waals surface area (Å²) < 4.78 is 0. The molecule has 0 radical (unpaired) electrons. The Morgan fingerprint density at radius 3 is 2.38 bits per heavy atom. The number of carboxylic acids is 1. The van der Waals surface area contributed by atoms with Crippen LogP contribution in [0.25, 0.3) is 0 Å². The molecular weight excluding hydrogens is 304 g/mol. The highest BCUT2D eigenvalue weighted by Gasteiger charge is 2.46. The molecule has 0 atom stereocenters. The number of hydrogen-bond donors (Lipinski definition) is 2. The van der Waals surface area contributed by atoms with E-state index in [-0.39, 0.29) is 23.9 Å². The van der Waals surface area contributed by atoms with Gasteiger partial charge in [-0.1, -0.05) is 20.3 Å². The lowest BCUT2D eigenvalue weighted by Gasteiger charge is -2.46. The summed E-state index contributed by atoms with van der Waals surface area (Å²) in [5.74, 6) is 0.753. The van der Waals surface area contributed by atoms with E-state index in [4.69, 9.17) is 5.11 Å². The molecule has 5 nitrogen and oxygen atoms in total. The minimum absolute atomic E-state index is 0.117. The standard InChI is InChI=1S/C19H32N2O3/c1-13(2)10-19(6-3-7-19)18(24)20-15-8-16(9-15)21(12-17(22)23)11-14-4-5-14/h13-16H,3-12H2,1-2H3,(H,20,24)(H,22,23). The highest BCUT2D eigenvalue weighted by Crippen LogP contribution is 2.46. The summed E-state index contributed by atoms with van der Waals surface area (Å²) in [6.07, 6.45) is 8.50. The predicted octanol–water partition coefficient (Wildman–Crippen LogP) is 2.65. The zero-order chi connectivity index (χ0) is 17.3. The van der Waals surface area contributed by atoms with Crippen LogP contribution in [0.3, 0.4) is 0 Å². The summed E-state index contributed by atoms with van der Waals surface area (Å²) in [6, 6.07) is 0.567. The zero-order valence-electron chi connectivity index (χ0n) is 15.1. The maximum absolute atomic E-state index is 12.7. The lowest BCUT2D eigenvalue weighted by molar-refractivity contribution is -0.142. The van der Waals surface area contributed by atoms with Crippen LogP contribution in [0, 0.1) is 17.3 Å². The number of amides is 1. The molecule has 3 fully saturated rings. The van der Waals surface area contributed by atoms with Crippen molar-refractivity contribution in [1.29, 1.82) is 0 Å². The van der Waals surface area contributed by atoms with Crippen molar-refractivity contribution in [3.63, 3.8) is 0 Å². The van der Waals surface area contributed by atoms with Crippen molar-refractivity contribution in [2.24, 2.45) is 17.3 Å². The second-order valence-corrected chi connectivity index (χ2v) is 8.79. The van der Waals surface area contributed by atoms with Crippen molar-refractivity contribution in [2.75, 3.05) is 13.1 Å². The van der Waals surface area contributed by atoms with Gasteiger partial charge in [0, 0.05) is 24.0 Å². The van der Waals surface area contributed by atoms with Crippen LogP contribution in [0.15, 0.2) is 0 Å². The van der Waals surface area contributed by atoms with Gasteiger partial charge in [0.15, 0.2) is 0 Å². The summed E-state index contributed by atoms with van der Waals surface area (Å²) in [5, 5.41) is 12.4. The topological polar surface area (TPSA) is 69.6 Å². The van der Waals surface area contributed by atoms with Crippen LogP contribution >= 0.6 is 0 Å². The smallest absolute Gasteiger partial charge is 0.317 e. The van der Waals surface area contributed by atoms with Gasteiger partial charge in [0.2, 0.25) is 5.91 Å². The number of nitrogens with one attached hydrogen (secondary N) is 1. The Bertz CT molecular complexity index is 477. The maximum Gasteiger partial charge on any atom is 0.317 e. The Kier molecular flexibility index (Phi) is 5.19. The fourth-order valence-corrected chi connectivity index (χ4v) is 4.40. The normalized spacial score (nSPS) is 28.3. The third-order valence-electron chi connectivity index (χ3n) is 6.08. The van der Waals surface area contributed by atoms with E-state index in [2.05, 4.69) is 24.1 Å². The molecule has 0 aliphatic heterocycles. The first-order valence-electron chi connectivity index (χ1n) is 9.65. The molecule has 2 N–H and O–H groups in total. The molecule has 3 aliphatic carbocycles. The number of nitrogens with zero attached hydrogens (tertiary/aromatic N) is 1. The van der Waals surface area contributed by atoms with Crippen molar-refractivity contribution in [2.45, 2.75) is 77.3 Å². The van der Waals surface area contributed by atoms with Crippen LogP contribution < -0.4 is 5.32 Å². The summed E-state index contributed by atoms with van der Waals surface area (Å²) in [7, 11) is 0. The van der Waals surface area contributed by atoms with Gasteiger partial charge < -0.3 is 10.4 Å². The maximum atomic E-state index is 12.7. The van der Waals surface area contributed by atoms with E-state index in [0.29, 0.717) is 17.9 Å². The lowest BCUT2D eigenvalue weighted by atomic mass is 9.63. The first-order valence-corrected chi connectivity index (χ1v) is 9.65. The number of carbonyl (C=O) groups is 2. The van der Waals surface area contributed by atoms with E-state index in [9.17, 15) is 9.59 Å². The molecule has 0 aromatic heterocycles. The van der Waals surface area contributed by atoms with Crippen LogP contribution in [-0.2, 0) is 9.59 Å². The number of carbonyl (C=O) groups excluding carboxylic acids is 1. The van der Waals surface area contributed by atoms with Gasteiger partial charge in [0.1, 0.15) is 0 Å². The summed E-state index contributed by atoms with van der Waals surface area (Å²) in [5.41, 5.74) is -0.117. The van der Waals surface area contributed by atoms with Gasteiger partial charge in [-0.2, -0.15) is 0 Å². The highest BCUT2D eigenvalue weighted by molar-refractivity contribution is 5.83. The SMILES string of the molecule is CC(C)CC1(C(=O)NC2CC(N(CC(=O)O)CC3CC3)C2)CCC1. The molecule has 5 heteroatoms. The molecule has 3 aliphatic rings. The molecule has 3 rings (SSSR count). The third kappa shape index (κ3) is 4.11. The second kappa shape index (κ2) is 7.03. The van der Waals surface area contributed by atoms with Gasteiger partial charge in [-0.25, -0.2) is 0 Å². The molecule has 0 bridgehead atoms. The minimum Gasteiger partial charge on any atom is -0.480 e. The third-order valence-corrected chi connectivity index (χ3v) is 6.08. The quantitative estimate of drug-likeness (QED) is 0.679. The first kappa shape index (κ1) is 17.7. The Labute approximate surface area is 145 Å². The van der Waals surface area contributed by atoms with E-state index >= 15 is 0 Å². The Hall–Kier alpha value is -1.10. The van der Waals surface area contributed by atoms with Gasteiger partial charge in [0.05, 0.1) is 6.54 Å². The monoisotopic (exact) mass is 336 g/mol. The number of carboxylic acid groups (broad SMARTS) is 1. The molecule has 0 aromatic rings. The minimum atomic E-state index is -0.742. The van der Waals surface area contributed by atoms with Crippen molar-refractivity contribution in [3.05, 3.63) is 0 Å². The fraction of sp³-hybridized carbons (Fsp3) is 0.895. The Balaban J connectivity index is 1.46.